The largest absolute Gasteiger partial charge is 0.385 e. The lowest BCUT2D eigenvalue weighted by Gasteiger charge is -2.04. The molecule has 0 amide bonds. The van der Waals surface area contributed by atoms with E-state index in [-0.39, 0.29) is 0 Å². The average molecular weight is 201 g/mol. The first kappa shape index (κ1) is 9.26. The number of rotatable bonds is 3. The van der Waals surface area contributed by atoms with Gasteiger partial charge in [0.25, 0.3) is 0 Å². The van der Waals surface area contributed by atoms with E-state index < -0.39 is 0 Å². The first-order chi connectivity index (χ1) is 7.45. The van der Waals surface area contributed by atoms with Gasteiger partial charge in [-0.05, 0) is 42.7 Å². The molecule has 0 bridgehead atoms. The highest BCUT2D eigenvalue weighted by Gasteiger charge is 2.49. The zero-order chi connectivity index (χ0) is 10.1. The Morgan fingerprint density at radius 2 is 1.67 bits per heavy atom. The predicted octanol–water partition coefficient (Wildman–Crippen LogP) is 3.53. The summed E-state index contributed by atoms with van der Waals surface area (Å²) in [7, 11) is 0. The standard InChI is InChI=1S/C14H19N/c1-2-6-11(7-3-1)15-10-14-12-8-4-5-9-13(12)14/h1-3,6-7,12-15H,4-5,8-10H2. The second-order valence-electron chi connectivity index (χ2n) is 5.02. The van der Waals surface area contributed by atoms with Gasteiger partial charge in [-0.3, -0.25) is 0 Å². The Kier molecular flexibility index (Phi) is 2.40. The summed E-state index contributed by atoms with van der Waals surface area (Å²) in [5.41, 5.74) is 1.28. The van der Waals surface area contributed by atoms with Gasteiger partial charge in [0.15, 0.2) is 0 Å². The quantitative estimate of drug-likeness (QED) is 0.788. The lowest BCUT2D eigenvalue weighted by atomic mass is 10.0. The van der Waals surface area contributed by atoms with Gasteiger partial charge in [-0.15, -0.1) is 0 Å². The lowest BCUT2D eigenvalue weighted by Crippen LogP contribution is -2.04. The molecule has 2 unspecified atom stereocenters. The fourth-order valence-electron chi connectivity index (χ4n) is 3.24. The van der Waals surface area contributed by atoms with Crippen molar-refractivity contribution in [2.24, 2.45) is 17.8 Å². The summed E-state index contributed by atoms with van der Waals surface area (Å²) in [6, 6.07) is 10.6. The van der Waals surface area contributed by atoms with E-state index in [1.165, 1.54) is 37.9 Å². The topological polar surface area (TPSA) is 12.0 Å². The summed E-state index contributed by atoms with van der Waals surface area (Å²) in [4.78, 5) is 0. The van der Waals surface area contributed by atoms with Crippen molar-refractivity contribution in [3.63, 3.8) is 0 Å². The molecule has 2 aliphatic carbocycles. The van der Waals surface area contributed by atoms with E-state index in [1.54, 1.807) is 0 Å². The molecule has 1 nitrogen and oxygen atoms in total. The number of benzene rings is 1. The van der Waals surface area contributed by atoms with Gasteiger partial charge >= 0.3 is 0 Å². The molecule has 1 N–H and O–H groups in total. The summed E-state index contributed by atoms with van der Waals surface area (Å²) in [6.45, 7) is 1.19. The molecule has 2 fully saturated rings. The van der Waals surface area contributed by atoms with Crippen LogP contribution in [0.5, 0.6) is 0 Å². The number of hydrogen-bond acceptors (Lipinski definition) is 1. The Bertz CT molecular complexity index is 307. The van der Waals surface area contributed by atoms with Crippen LogP contribution in [0.2, 0.25) is 0 Å². The Labute approximate surface area is 91.9 Å². The molecule has 0 heterocycles. The fourth-order valence-corrected chi connectivity index (χ4v) is 3.24. The zero-order valence-corrected chi connectivity index (χ0v) is 9.15. The summed E-state index contributed by atoms with van der Waals surface area (Å²) >= 11 is 0. The van der Waals surface area contributed by atoms with Crippen molar-refractivity contribution in [1.29, 1.82) is 0 Å². The molecular formula is C14H19N. The molecule has 0 saturated heterocycles. The highest BCUT2D eigenvalue weighted by molar-refractivity contribution is 5.42. The first-order valence-corrected chi connectivity index (χ1v) is 6.24. The van der Waals surface area contributed by atoms with Crippen LogP contribution >= 0.6 is 0 Å². The van der Waals surface area contributed by atoms with Crippen LogP contribution in [-0.4, -0.2) is 6.54 Å². The van der Waals surface area contributed by atoms with Gasteiger partial charge in [-0.1, -0.05) is 31.0 Å². The Hall–Kier alpha value is -0.980. The molecule has 1 aromatic rings. The minimum atomic E-state index is 0.979. The van der Waals surface area contributed by atoms with Gasteiger partial charge in [0.05, 0.1) is 0 Å². The van der Waals surface area contributed by atoms with Gasteiger partial charge in [-0.25, -0.2) is 0 Å². The van der Waals surface area contributed by atoms with Gasteiger partial charge in [0.1, 0.15) is 0 Å². The predicted molar refractivity (Wildman–Crippen MR) is 63.9 cm³/mol. The van der Waals surface area contributed by atoms with Crippen LogP contribution in [0.25, 0.3) is 0 Å². The SMILES string of the molecule is c1ccc(NCC2C3CCCCC32)cc1. The van der Waals surface area contributed by atoms with Gasteiger partial charge < -0.3 is 5.32 Å². The second-order valence-corrected chi connectivity index (χ2v) is 5.02. The molecule has 0 radical (unpaired) electrons. The number of fused-ring (bicyclic) bond motifs is 1. The Balaban J connectivity index is 1.51. The summed E-state index contributed by atoms with van der Waals surface area (Å²) in [5, 5.41) is 3.56. The smallest absolute Gasteiger partial charge is 0.0340 e. The number of hydrogen-bond donors (Lipinski definition) is 1. The van der Waals surface area contributed by atoms with E-state index in [9.17, 15) is 0 Å². The van der Waals surface area contributed by atoms with Crippen LogP contribution in [0.4, 0.5) is 5.69 Å². The number of para-hydroxylation sites is 1. The molecule has 3 rings (SSSR count). The van der Waals surface area contributed by atoms with Crippen LogP contribution in [0.15, 0.2) is 30.3 Å². The van der Waals surface area contributed by atoms with Crippen molar-refractivity contribution in [3.8, 4) is 0 Å². The zero-order valence-electron chi connectivity index (χ0n) is 9.15. The molecule has 2 saturated carbocycles. The van der Waals surface area contributed by atoms with E-state index in [0.717, 1.165) is 17.8 Å². The Morgan fingerprint density at radius 1 is 1.00 bits per heavy atom. The number of anilines is 1. The normalized spacial score (nSPS) is 33.2. The molecule has 1 aromatic carbocycles. The van der Waals surface area contributed by atoms with E-state index in [2.05, 4.69) is 35.6 Å². The third-order valence-corrected chi connectivity index (χ3v) is 4.15. The van der Waals surface area contributed by atoms with Gasteiger partial charge in [-0.2, -0.15) is 0 Å². The van der Waals surface area contributed by atoms with E-state index in [0.29, 0.717) is 0 Å². The molecule has 0 aliphatic heterocycles. The van der Waals surface area contributed by atoms with E-state index >= 15 is 0 Å². The van der Waals surface area contributed by atoms with Crippen molar-refractivity contribution in [3.05, 3.63) is 30.3 Å². The Morgan fingerprint density at radius 3 is 2.33 bits per heavy atom. The first-order valence-electron chi connectivity index (χ1n) is 6.24. The number of nitrogens with one attached hydrogen (secondary N) is 1. The highest BCUT2D eigenvalue weighted by atomic mass is 14.9. The molecule has 1 heteroatoms. The van der Waals surface area contributed by atoms with Crippen molar-refractivity contribution in [1.82, 2.24) is 0 Å². The van der Waals surface area contributed by atoms with Crippen molar-refractivity contribution in [2.75, 3.05) is 11.9 Å². The highest BCUT2D eigenvalue weighted by Crippen LogP contribution is 2.55. The van der Waals surface area contributed by atoms with Crippen molar-refractivity contribution in [2.45, 2.75) is 25.7 Å². The maximum atomic E-state index is 3.56. The fraction of sp³-hybridized carbons (Fsp3) is 0.571. The molecular weight excluding hydrogens is 182 g/mol. The van der Waals surface area contributed by atoms with Crippen molar-refractivity contribution >= 4 is 5.69 Å². The second kappa shape index (κ2) is 3.88. The maximum absolute atomic E-state index is 3.56. The lowest BCUT2D eigenvalue weighted by molar-refractivity contribution is 0.480. The van der Waals surface area contributed by atoms with E-state index in [1.807, 2.05) is 0 Å². The van der Waals surface area contributed by atoms with Crippen LogP contribution in [-0.2, 0) is 0 Å². The third kappa shape index (κ3) is 1.88. The molecule has 80 valence electrons. The van der Waals surface area contributed by atoms with Crippen LogP contribution in [0.1, 0.15) is 25.7 Å². The minimum Gasteiger partial charge on any atom is -0.385 e. The van der Waals surface area contributed by atoms with Gasteiger partial charge in [0, 0.05) is 12.2 Å². The molecule has 15 heavy (non-hydrogen) atoms. The van der Waals surface area contributed by atoms with E-state index in [4.69, 9.17) is 0 Å². The van der Waals surface area contributed by atoms with Crippen LogP contribution in [0.3, 0.4) is 0 Å². The van der Waals surface area contributed by atoms with Crippen molar-refractivity contribution < 1.29 is 0 Å². The molecule has 0 aromatic heterocycles. The minimum absolute atomic E-state index is 0.979. The van der Waals surface area contributed by atoms with Crippen LogP contribution < -0.4 is 5.32 Å². The van der Waals surface area contributed by atoms with Gasteiger partial charge in [0.2, 0.25) is 0 Å². The molecule has 2 atom stereocenters. The molecule has 2 aliphatic rings. The maximum Gasteiger partial charge on any atom is 0.0340 e. The average Bonchev–Trinajstić information content (AvgIpc) is 3.01. The molecule has 0 spiro atoms. The summed E-state index contributed by atoms with van der Waals surface area (Å²) in [6.07, 6.45) is 5.93. The summed E-state index contributed by atoms with van der Waals surface area (Å²) < 4.78 is 0. The third-order valence-electron chi connectivity index (χ3n) is 4.15. The van der Waals surface area contributed by atoms with Crippen LogP contribution in [0, 0.1) is 17.8 Å². The summed E-state index contributed by atoms with van der Waals surface area (Å²) in [5.74, 6) is 3.11. The monoisotopic (exact) mass is 201 g/mol.